The molecule has 3 heterocycles. The minimum atomic E-state index is -0.126. The van der Waals surface area contributed by atoms with Gasteiger partial charge >= 0.3 is 0 Å². The summed E-state index contributed by atoms with van der Waals surface area (Å²) in [4.78, 5) is 25.7. The summed E-state index contributed by atoms with van der Waals surface area (Å²) in [5.41, 5.74) is 2.04. The zero-order chi connectivity index (χ0) is 17.2. The van der Waals surface area contributed by atoms with E-state index < -0.39 is 0 Å². The number of piperidine rings is 1. The maximum atomic E-state index is 12.0. The standard InChI is InChI=1S/C18H22N6O/c1-23-15-7-3-2-6-14(15)22-16(23)11-21-13-5-4-10-24(12-13)17-18(25)20-9-8-19-17/h2-3,6-9,13,21H,4-5,10-12H2,1H3,(H,20,25). The average molecular weight is 338 g/mol. The number of hydrogen-bond donors (Lipinski definition) is 2. The number of H-pyrrole nitrogens is 1. The molecule has 7 heteroatoms. The topological polar surface area (TPSA) is 78.8 Å². The molecule has 0 saturated carbocycles. The van der Waals surface area contributed by atoms with Gasteiger partial charge in [-0.3, -0.25) is 4.79 Å². The van der Waals surface area contributed by atoms with Gasteiger partial charge in [-0.15, -0.1) is 0 Å². The SMILES string of the molecule is Cn1c(CNC2CCCN(c3ncc[nH]c3=O)C2)nc2ccccc21. The highest BCUT2D eigenvalue weighted by Gasteiger charge is 2.22. The maximum Gasteiger partial charge on any atom is 0.290 e. The fraction of sp³-hybridized carbons (Fsp3) is 0.389. The number of anilines is 1. The Hall–Kier alpha value is -2.67. The van der Waals surface area contributed by atoms with Crippen LogP contribution in [0.15, 0.2) is 41.5 Å². The van der Waals surface area contributed by atoms with Crippen LogP contribution in [-0.4, -0.2) is 38.7 Å². The van der Waals surface area contributed by atoms with Gasteiger partial charge in [-0.2, -0.15) is 0 Å². The molecule has 4 rings (SSSR count). The Labute approximate surface area is 145 Å². The van der Waals surface area contributed by atoms with Gasteiger partial charge in [-0.1, -0.05) is 12.1 Å². The number of aromatic amines is 1. The first kappa shape index (κ1) is 15.8. The summed E-state index contributed by atoms with van der Waals surface area (Å²) in [6.45, 7) is 2.36. The molecule has 1 saturated heterocycles. The first-order valence-corrected chi connectivity index (χ1v) is 8.65. The van der Waals surface area contributed by atoms with E-state index in [4.69, 9.17) is 4.98 Å². The van der Waals surface area contributed by atoms with Crippen molar-refractivity contribution in [1.82, 2.24) is 24.8 Å². The minimum Gasteiger partial charge on any atom is -0.350 e. The Kier molecular flexibility index (Phi) is 4.23. The van der Waals surface area contributed by atoms with Crippen LogP contribution in [-0.2, 0) is 13.6 Å². The lowest BCUT2D eigenvalue weighted by Gasteiger charge is -2.33. The third kappa shape index (κ3) is 3.15. The van der Waals surface area contributed by atoms with Crippen molar-refractivity contribution in [3.8, 4) is 0 Å². The monoisotopic (exact) mass is 338 g/mol. The number of nitrogens with one attached hydrogen (secondary N) is 2. The zero-order valence-corrected chi connectivity index (χ0v) is 14.3. The van der Waals surface area contributed by atoms with Crippen LogP contribution in [0.2, 0.25) is 0 Å². The molecule has 0 spiro atoms. The lowest BCUT2D eigenvalue weighted by atomic mass is 10.1. The first-order valence-electron chi connectivity index (χ1n) is 8.65. The molecule has 0 bridgehead atoms. The fourth-order valence-electron chi connectivity index (χ4n) is 3.49. The van der Waals surface area contributed by atoms with Crippen LogP contribution in [0.3, 0.4) is 0 Å². The number of nitrogens with zero attached hydrogens (tertiary/aromatic N) is 4. The second-order valence-electron chi connectivity index (χ2n) is 6.48. The predicted molar refractivity (Wildman–Crippen MR) is 97.6 cm³/mol. The van der Waals surface area contributed by atoms with Gasteiger partial charge in [0.25, 0.3) is 5.56 Å². The largest absolute Gasteiger partial charge is 0.350 e. The van der Waals surface area contributed by atoms with Crippen molar-refractivity contribution >= 4 is 16.9 Å². The number of aromatic nitrogens is 4. The summed E-state index contributed by atoms with van der Waals surface area (Å²) in [5, 5.41) is 3.59. The molecule has 2 aromatic heterocycles. The van der Waals surface area contributed by atoms with Gasteiger partial charge in [-0.05, 0) is 25.0 Å². The van der Waals surface area contributed by atoms with Gasteiger partial charge in [0.1, 0.15) is 5.82 Å². The van der Waals surface area contributed by atoms with E-state index in [1.807, 2.05) is 25.2 Å². The van der Waals surface area contributed by atoms with Gasteiger partial charge in [0.15, 0.2) is 5.82 Å². The van der Waals surface area contributed by atoms with E-state index in [9.17, 15) is 4.79 Å². The van der Waals surface area contributed by atoms with Crippen molar-refractivity contribution in [3.05, 3.63) is 52.8 Å². The third-order valence-electron chi connectivity index (χ3n) is 4.84. The lowest BCUT2D eigenvalue weighted by Crippen LogP contribution is -2.47. The molecule has 0 radical (unpaired) electrons. The van der Waals surface area contributed by atoms with E-state index in [1.54, 1.807) is 12.4 Å². The molecule has 1 atom stereocenters. The summed E-state index contributed by atoms with van der Waals surface area (Å²) in [6.07, 6.45) is 5.33. The van der Waals surface area contributed by atoms with E-state index in [-0.39, 0.29) is 5.56 Å². The number of fused-ring (bicyclic) bond motifs is 1. The van der Waals surface area contributed by atoms with E-state index in [2.05, 4.69) is 30.8 Å². The van der Waals surface area contributed by atoms with Crippen LogP contribution in [0, 0.1) is 0 Å². The molecule has 1 aliphatic heterocycles. The maximum absolute atomic E-state index is 12.0. The molecule has 1 fully saturated rings. The second-order valence-corrected chi connectivity index (χ2v) is 6.48. The summed E-state index contributed by atoms with van der Waals surface area (Å²) < 4.78 is 2.13. The highest BCUT2D eigenvalue weighted by molar-refractivity contribution is 5.75. The Morgan fingerprint density at radius 2 is 2.24 bits per heavy atom. The van der Waals surface area contributed by atoms with E-state index >= 15 is 0 Å². The number of rotatable bonds is 4. The number of para-hydroxylation sites is 2. The Morgan fingerprint density at radius 1 is 1.36 bits per heavy atom. The highest BCUT2D eigenvalue weighted by Crippen LogP contribution is 2.17. The van der Waals surface area contributed by atoms with Gasteiger partial charge in [-0.25, -0.2) is 9.97 Å². The van der Waals surface area contributed by atoms with Crippen molar-refractivity contribution in [2.45, 2.75) is 25.4 Å². The fourth-order valence-corrected chi connectivity index (χ4v) is 3.49. The molecule has 1 unspecified atom stereocenters. The Morgan fingerprint density at radius 3 is 3.08 bits per heavy atom. The summed E-state index contributed by atoms with van der Waals surface area (Å²) in [5.74, 6) is 1.53. The van der Waals surface area contributed by atoms with Gasteiger partial charge < -0.3 is 19.8 Å². The second kappa shape index (κ2) is 6.68. The zero-order valence-electron chi connectivity index (χ0n) is 14.3. The van der Waals surface area contributed by atoms with Crippen LogP contribution >= 0.6 is 0 Å². The summed E-state index contributed by atoms with van der Waals surface area (Å²) in [7, 11) is 2.05. The van der Waals surface area contributed by atoms with Gasteiger partial charge in [0.05, 0.1) is 17.6 Å². The van der Waals surface area contributed by atoms with Crippen molar-refractivity contribution < 1.29 is 0 Å². The van der Waals surface area contributed by atoms with E-state index in [0.717, 1.165) is 42.8 Å². The predicted octanol–water partition coefficient (Wildman–Crippen LogP) is 1.42. The van der Waals surface area contributed by atoms with Crippen LogP contribution in [0.5, 0.6) is 0 Å². The average Bonchev–Trinajstić information content (AvgIpc) is 2.97. The van der Waals surface area contributed by atoms with E-state index in [1.165, 1.54) is 0 Å². The molecule has 1 aromatic carbocycles. The highest BCUT2D eigenvalue weighted by atomic mass is 16.1. The number of benzene rings is 1. The minimum absolute atomic E-state index is 0.126. The van der Waals surface area contributed by atoms with Crippen LogP contribution < -0.4 is 15.8 Å². The van der Waals surface area contributed by atoms with Crippen molar-refractivity contribution in [2.75, 3.05) is 18.0 Å². The van der Waals surface area contributed by atoms with Crippen LogP contribution in [0.4, 0.5) is 5.82 Å². The molecule has 0 aliphatic carbocycles. The van der Waals surface area contributed by atoms with Crippen molar-refractivity contribution in [3.63, 3.8) is 0 Å². The third-order valence-corrected chi connectivity index (χ3v) is 4.84. The molecule has 1 aliphatic rings. The van der Waals surface area contributed by atoms with Crippen LogP contribution in [0.1, 0.15) is 18.7 Å². The molecule has 7 nitrogen and oxygen atoms in total. The molecule has 130 valence electrons. The molecule has 2 N–H and O–H groups in total. The summed E-state index contributed by atoms with van der Waals surface area (Å²) in [6, 6.07) is 8.48. The smallest absolute Gasteiger partial charge is 0.290 e. The molecule has 3 aromatic rings. The van der Waals surface area contributed by atoms with E-state index in [0.29, 0.717) is 18.4 Å². The summed E-state index contributed by atoms with van der Waals surface area (Å²) >= 11 is 0. The molecule has 0 amide bonds. The Bertz CT molecular complexity index is 930. The number of hydrogen-bond acceptors (Lipinski definition) is 5. The molecular formula is C18H22N6O. The first-order chi connectivity index (χ1) is 12.2. The van der Waals surface area contributed by atoms with Crippen molar-refractivity contribution in [2.24, 2.45) is 7.05 Å². The normalized spacial score (nSPS) is 18.0. The quantitative estimate of drug-likeness (QED) is 0.752. The van der Waals surface area contributed by atoms with Crippen molar-refractivity contribution in [1.29, 1.82) is 0 Å². The molecular weight excluding hydrogens is 316 g/mol. The Balaban J connectivity index is 1.45. The number of aryl methyl sites for hydroxylation is 1. The van der Waals surface area contributed by atoms with Gasteiger partial charge in [0.2, 0.25) is 0 Å². The molecule has 25 heavy (non-hydrogen) atoms. The lowest BCUT2D eigenvalue weighted by molar-refractivity contribution is 0.413. The number of imidazole rings is 1. The van der Waals surface area contributed by atoms with Crippen LogP contribution in [0.25, 0.3) is 11.0 Å². The van der Waals surface area contributed by atoms with Gasteiger partial charge in [0, 0.05) is 38.6 Å².